The topological polar surface area (TPSA) is 43.8 Å². The highest BCUT2D eigenvalue weighted by Crippen LogP contribution is 2.03. The highest BCUT2D eigenvalue weighted by Gasteiger charge is 1.96. The number of aromatic nitrogens is 2. The molecule has 1 aromatic heterocycles. The highest BCUT2D eigenvalue weighted by atomic mass is 35.5. The number of nitrogens with zero attached hydrogens (tertiary/aromatic N) is 2. The van der Waals surface area contributed by atoms with E-state index in [2.05, 4.69) is 17.2 Å². The third-order valence-electron chi connectivity index (χ3n) is 2.11. The van der Waals surface area contributed by atoms with Crippen LogP contribution in [0.15, 0.2) is 42.7 Å². The lowest BCUT2D eigenvalue weighted by atomic mass is 10.2. The Balaban J connectivity index is 0.00000112. The summed E-state index contributed by atoms with van der Waals surface area (Å²) in [6.07, 6.45) is 3.79. The summed E-state index contributed by atoms with van der Waals surface area (Å²) < 4.78 is 1.90. The average Bonchev–Trinajstić information content (AvgIpc) is 2.67. The molecule has 0 fully saturated rings. The summed E-state index contributed by atoms with van der Waals surface area (Å²) in [7, 11) is 0. The molecule has 0 atom stereocenters. The second-order valence-electron chi connectivity index (χ2n) is 3.24. The lowest BCUT2D eigenvalue weighted by Crippen LogP contribution is -1.99. The predicted molar refractivity (Wildman–Crippen MR) is 62.9 cm³/mol. The Bertz CT molecular complexity index is 397. The molecule has 15 heavy (non-hydrogen) atoms. The molecular formula is C11H14ClN3. The monoisotopic (exact) mass is 223 g/mol. The number of benzene rings is 1. The third kappa shape index (κ3) is 3.08. The van der Waals surface area contributed by atoms with Crippen LogP contribution in [0.3, 0.4) is 0 Å². The second-order valence-corrected chi connectivity index (χ2v) is 3.24. The SMILES string of the molecule is Cl.NCc1cnn(Cc2ccccc2)c1. The van der Waals surface area contributed by atoms with Crippen molar-refractivity contribution in [2.24, 2.45) is 5.73 Å². The average molecular weight is 224 g/mol. The van der Waals surface area contributed by atoms with E-state index < -0.39 is 0 Å². The van der Waals surface area contributed by atoms with E-state index in [9.17, 15) is 0 Å². The normalized spacial score (nSPS) is 9.67. The maximum Gasteiger partial charge on any atom is 0.0659 e. The standard InChI is InChI=1S/C11H13N3.ClH/c12-6-11-7-13-14(9-11)8-10-4-2-1-3-5-10;/h1-5,7,9H,6,8,12H2;1H. The fourth-order valence-corrected chi connectivity index (χ4v) is 1.37. The summed E-state index contributed by atoms with van der Waals surface area (Å²) in [5, 5.41) is 4.22. The van der Waals surface area contributed by atoms with Crippen molar-refractivity contribution in [3.05, 3.63) is 53.9 Å². The van der Waals surface area contributed by atoms with Crippen molar-refractivity contribution in [2.45, 2.75) is 13.1 Å². The summed E-state index contributed by atoms with van der Waals surface area (Å²) in [6, 6.07) is 10.2. The minimum atomic E-state index is 0. The maximum atomic E-state index is 5.50. The van der Waals surface area contributed by atoms with Gasteiger partial charge in [0.1, 0.15) is 0 Å². The molecule has 0 spiro atoms. The van der Waals surface area contributed by atoms with Crippen LogP contribution in [0.5, 0.6) is 0 Å². The first-order chi connectivity index (χ1) is 6.88. The molecule has 1 aromatic carbocycles. The molecule has 0 aliphatic heterocycles. The van der Waals surface area contributed by atoms with Crippen molar-refractivity contribution in [1.82, 2.24) is 9.78 Å². The number of rotatable bonds is 3. The Labute approximate surface area is 95.3 Å². The van der Waals surface area contributed by atoms with E-state index in [1.54, 1.807) is 0 Å². The number of hydrogen-bond donors (Lipinski definition) is 1. The summed E-state index contributed by atoms with van der Waals surface area (Å²) in [5.74, 6) is 0. The van der Waals surface area contributed by atoms with E-state index in [0.717, 1.165) is 12.1 Å². The largest absolute Gasteiger partial charge is 0.326 e. The fraction of sp³-hybridized carbons (Fsp3) is 0.182. The van der Waals surface area contributed by atoms with Crippen LogP contribution in [0.2, 0.25) is 0 Å². The Morgan fingerprint density at radius 3 is 2.47 bits per heavy atom. The first-order valence-electron chi connectivity index (χ1n) is 4.64. The molecule has 0 saturated carbocycles. The zero-order valence-corrected chi connectivity index (χ0v) is 9.15. The Morgan fingerprint density at radius 2 is 1.87 bits per heavy atom. The maximum absolute atomic E-state index is 5.50. The van der Waals surface area contributed by atoms with Crippen LogP contribution in [-0.4, -0.2) is 9.78 Å². The molecule has 2 N–H and O–H groups in total. The molecule has 2 rings (SSSR count). The minimum Gasteiger partial charge on any atom is -0.326 e. The Kier molecular flexibility index (Phi) is 4.34. The Morgan fingerprint density at radius 1 is 1.13 bits per heavy atom. The highest BCUT2D eigenvalue weighted by molar-refractivity contribution is 5.85. The number of hydrogen-bond acceptors (Lipinski definition) is 2. The van der Waals surface area contributed by atoms with Gasteiger partial charge < -0.3 is 5.73 Å². The van der Waals surface area contributed by atoms with Crippen LogP contribution in [0, 0.1) is 0 Å². The van der Waals surface area contributed by atoms with Crippen molar-refractivity contribution < 1.29 is 0 Å². The summed E-state index contributed by atoms with van der Waals surface area (Å²) in [4.78, 5) is 0. The van der Waals surface area contributed by atoms with Crippen LogP contribution >= 0.6 is 12.4 Å². The lowest BCUT2D eigenvalue weighted by molar-refractivity contribution is 0.686. The zero-order valence-electron chi connectivity index (χ0n) is 8.34. The summed E-state index contributed by atoms with van der Waals surface area (Å²) in [5.41, 5.74) is 7.82. The van der Waals surface area contributed by atoms with Gasteiger partial charge in [0.05, 0.1) is 12.7 Å². The lowest BCUT2D eigenvalue weighted by Gasteiger charge is -2.00. The van der Waals surface area contributed by atoms with Gasteiger partial charge in [-0.15, -0.1) is 12.4 Å². The molecule has 0 amide bonds. The van der Waals surface area contributed by atoms with Gasteiger partial charge >= 0.3 is 0 Å². The zero-order chi connectivity index (χ0) is 9.80. The smallest absolute Gasteiger partial charge is 0.0659 e. The van der Waals surface area contributed by atoms with E-state index >= 15 is 0 Å². The van der Waals surface area contributed by atoms with Crippen LogP contribution in [0.25, 0.3) is 0 Å². The van der Waals surface area contributed by atoms with E-state index in [1.165, 1.54) is 5.56 Å². The Hall–Kier alpha value is -1.32. The van der Waals surface area contributed by atoms with Crippen LogP contribution in [-0.2, 0) is 13.1 Å². The number of halogens is 1. The van der Waals surface area contributed by atoms with Crippen LogP contribution in [0.1, 0.15) is 11.1 Å². The molecule has 0 saturated heterocycles. The summed E-state index contributed by atoms with van der Waals surface area (Å²) >= 11 is 0. The van der Waals surface area contributed by atoms with Gasteiger partial charge in [0.2, 0.25) is 0 Å². The van der Waals surface area contributed by atoms with E-state index in [0.29, 0.717) is 6.54 Å². The molecular weight excluding hydrogens is 210 g/mol. The molecule has 0 radical (unpaired) electrons. The molecule has 4 heteroatoms. The molecule has 0 bridgehead atoms. The van der Waals surface area contributed by atoms with E-state index in [4.69, 9.17) is 5.73 Å². The molecule has 80 valence electrons. The van der Waals surface area contributed by atoms with Crippen LogP contribution < -0.4 is 5.73 Å². The van der Waals surface area contributed by atoms with Crippen molar-refractivity contribution in [3.8, 4) is 0 Å². The van der Waals surface area contributed by atoms with Crippen molar-refractivity contribution >= 4 is 12.4 Å². The molecule has 1 heterocycles. The minimum absolute atomic E-state index is 0. The van der Waals surface area contributed by atoms with Gasteiger partial charge in [0.25, 0.3) is 0 Å². The van der Waals surface area contributed by atoms with Gasteiger partial charge in [-0.2, -0.15) is 5.10 Å². The van der Waals surface area contributed by atoms with Gasteiger partial charge in [-0.1, -0.05) is 30.3 Å². The third-order valence-corrected chi connectivity index (χ3v) is 2.11. The van der Waals surface area contributed by atoms with Crippen molar-refractivity contribution in [2.75, 3.05) is 0 Å². The molecule has 0 unspecified atom stereocenters. The van der Waals surface area contributed by atoms with Crippen molar-refractivity contribution in [1.29, 1.82) is 0 Å². The first-order valence-corrected chi connectivity index (χ1v) is 4.64. The van der Waals surface area contributed by atoms with Gasteiger partial charge in [-0.25, -0.2) is 0 Å². The van der Waals surface area contributed by atoms with Gasteiger partial charge in [0, 0.05) is 18.3 Å². The van der Waals surface area contributed by atoms with Crippen LogP contribution in [0.4, 0.5) is 0 Å². The second kappa shape index (κ2) is 5.53. The molecule has 3 nitrogen and oxygen atoms in total. The van der Waals surface area contributed by atoms with Crippen molar-refractivity contribution in [3.63, 3.8) is 0 Å². The van der Waals surface area contributed by atoms with Gasteiger partial charge in [0.15, 0.2) is 0 Å². The van der Waals surface area contributed by atoms with Gasteiger partial charge in [-0.3, -0.25) is 4.68 Å². The first kappa shape index (κ1) is 11.8. The van der Waals surface area contributed by atoms with E-state index in [1.807, 2.05) is 35.3 Å². The number of nitrogens with two attached hydrogens (primary N) is 1. The predicted octanol–water partition coefficient (Wildman–Crippen LogP) is 1.81. The quantitative estimate of drug-likeness (QED) is 0.863. The van der Waals surface area contributed by atoms with Gasteiger partial charge in [-0.05, 0) is 5.56 Å². The summed E-state index contributed by atoms with van der Waals surface area (Å²) in [6.45, 7) is 1.36. The van der Waals surface area contributed by atoms with E-state index in [-0.39, 0.29) is 12.4 Å². The molecule has 0 aliphatic carbocycles. The fourth-order valence-electron chi connectivity index (χ4n) is 1.37. The molecule has 2 aromatic rings. The molecule has 0 aliphatic rings.